The van der Waals surface area contributed by atoms with E-state index >= 15 is 0 Å². The van der Waals surface area contributed by atoms with E-state index in [0.29, 0.717) is 0 Å². The summed E-state index contributed by atoms with van der Waals surface area (Å²) < 4.78 is 15.4. The summed E-state index contributed by atoms with van der Waals surface area (Å²) >= 11 is 0. The van der Waals surface area contributed by atoms with Gasteiger partial charge in [0.1, 0.15) is 12.3 Å². The lowest BCUT2D eigenvalue weighted by atomic mass is 9.98. The summed E-state index contributed by atoms with van der Waals surface area (Å²) in [5, 5.41) is 0. The van der Waals surface area contributed by atoms with Crippen molar-refractivity contribution in [1.29, 1.82) is 0 Å². The van der Waals surface area contributed by atoms with Gasteiger partial charge in [0.25, 0.3) is 0 Å². The van der Waals surface area contributed by atoms with Crippen molar-refractivity contribution in [1.82, 2.24) is 0 Å². The van der Waals surface area contributed by atoms with Crippen molar-refractivity contribution in [3.8, 4) is 0 Å². The Kier molecular flexibility index (Phi) is 4.11. The highest BCUT2D eigenvalue weighted by atomic mass is 31.2. The van der Waals surface area contributed by atoms with Crippen molar-refractivity contribution >= 4 is 13.6 Å². The van der Waals surface area contributed by atoms with Gasteiger partial charge >= 0.3 is 13.6 Å². The highest BCUT2D eigenvalue weighted by Gasteiger charge is 2.24. The van der Waals surface area contributed by atoms with Crippen LogP contribution >= 0.6 is 7.60 Å². The van der Waals surface area contributed by atoms with Crippen LogP contribution in [-0.4, -0.2) is 28.0 Å². The van der Waals surface area contributed by atoms with E-state index in [2.05, 4.69) is 0 Å². The third kappa shape index (κ3) is 4.74. The van der Waals surface area contributed by atoms with Gasteiger partial charge in [-0.25, -0.2) is 0 Å². The fraction of sp³-hybridized carbons (Fsp3) is 0.875. The fourth-order valence-corrected chi connectivity index (χ4v) is 1.99. The van der Waals surface area contributed by atoms with E-state index in [-0.39, 0.29) is 6.10 Å². The van der Waals surface area contributed by atoms with Gasteiger partial charge in [-0.15, -0.1) is 0 Å². The highest BCUT2D eigenvalue weighted by molar-refractivity contribution is 7.52. The summed E-state index contributed by atoms with van der Waals surface area (Å²) in [6.07, 6.45) is 3.88. The van der Waals surface area contributed by atoms with Crippen molar-refractivity contribution < 1.29 is 23.9 Å². The molecular weight excluding hydrogens is 207 g/mol. The van der Waals surface area contributed by atoms with Crippen LogP contribution in [0.15, 0.2) is 0 Å². The Labute approximate surface area is 82.6 Å². The van der Waals surface area contributed by atoms with Gasteiger partial charge in [0, 0.05) is 0 Å². The number of hydrogen-bond acceptors (Lipinski definition) is 3. The Morgan fingerprint density at radius 1 is 1.29 bits per heavy atom. The first-order valence-corrected chi connectivity index (χ1v) is 6.51. The summed E-state index contributed by atoms with van der Waals surface area (Å²) in [5.41, 5.74) is 0. The lowest BCUT2D eigenvalue weighted by molar-refractivity contribution is -0.147. The number of hydrogen-bond donors (Lipinski definition) is 2. The maximum Gasteiger partial charge on any atom is 0.336 e. The van der Waals surface area contributed by atoms with E-state index < -0.39 is 19.7 Å². The maximum absolute atomic E-state index is 11.0. The topological polar surface area (TPSA) is 83.8 Å². The third-order valence-electron chi connectivity index (χ3n) is 2.19. The molecule has 0 heterocycles. The van der Waals surface area contributed by atoms with Gasteiger partial charge in [-0.1, -0.05) is 6.42 Å². The molecule has 0 aromatic rings. The van der Waals surface area contributed by atoms with Gasteiger partial charge in [0.2, 0.25) is 0 Å². The highest BCUT2D eigenvalue weighted by Crippen LogP contribution is 2.34. The average molecular weight is 222 g/mol. The molecule has 0 saturated heterocycles. The first kappa shape index (κ1) is 11.7. The Bertz CT molecular complexity index is 240. The number of carbonyl (C=O) groups is 1. The SMILES string of the molecule is O=C(CP(=O)(O)O)OC1CCCCC1. The van der Waals surface area contributed by atoms with Gasteiger partial charge in [-0.3, -0.25) is 9.36 Å². The lowest BCUT2D eigenvalue weighted by Gasteiger charge is -2.21. The summed E-state index contributed by atoms with van der Waals surface area (Å²) in [7, 11) is -4.26. The van der Waals surface area contributed by atoms with E-state index in [4.69, 9.17) is 14.5 Å². The molecule has 1 rings (SSSR count). The molecule has 0 aliphatic heterocycles. The normalized spacial score (nSPS) is 19.3. The van der Waals surface area contributed by atoms with Crippen LogP contribution in [0, 0.1) is 0 Å². The minimum absolute atomic E-state index is 0.136. The van der Waals surface area contributed by atoms with Crippen LogP contribution in [0.25, 0.3) is 0 Å². The van der Waals surface area contributed by atoms with Crippen molar-refractivity contribution in [3.63, 3.8) is 0 Å². The first-order valence-electron chi connectivity index (χ1n) is 4.71. The van der Waals surface area contributed by atoms with E-state index in [1.165, 1.54) is 0 Å². The van der Waals surface area contributed by atoms with Crippen LogP contribution in [0.3, 0.4) is 0 Å². The molecule has 0 spiro atoms. The second-order valence-electron chi connectivity index (χ2n) is 3.57. The second-order valence-corrected chi connectivity index (χ2v) is 5.22. The van der Waals surface area contributed by atoms with E-state index in [1.807, 2.05) is 0 Å². The molecule has 0 atom stereocenters. The minimum Gasteiger partial charge on any atom is -0.462 e. The summed E-state index contributed by atoms with van der Waals surface area (Å²) in [6, 6.07) is 0. The molecule has 1 aliphatic carbocycles. The standard InChI is InChI=1S/C8H15O5P/c9-8(6-14(10,11)12)13-7-4-2-1-3-5-7/h7H,1-6H2,(H2,10,11,12). The zero-order valence-electron chi connectivity index (χ0n) is 7.89. The molecule has 1 saturated carbocycles. The third-order valence-corrected chi connectivity index (χ3v) is 2.86. The van der Waals surface area contributed by atoms with Crippen LogP contribution < -0.4 is 0 Å². The summed E-state index contributed by atoms with van der Waals surface area (Å²) in [4.78, 5) is 28.1. The van der Waals surface area contributed by atoms with Gasteiger partial charge < -0.3 is 14.5 Å². The molecule has 1 fully saturated rings. The molecule has 0 amide bonds. The smallest absolute Gasteiger partial charge is 0.336 e. The maximum atomic E-state index is 11.0. The fourth-order valence-electron chi connectivity index (χ4n) is 1.57. The molecule has 14 heavy (non-hydrogen) atoms. The van der Waals surface area contributed by atoms with Crippen molar-refractivity contribution in [3.05, 3.63) is 0 Å². The van der Waals surface area contributed by atoms with Gasteiger partial charge in [-0.2, -0.15) is 0 Å². The predicted octanol–water partition coefficient (Wildman–Crippen LogP) is 1.04. The molecule has 1 aliphatic rings. The van der Waals surface area contributed by atoms with Crippen molar-refractivity contribution in [2.24, 2.45) is 0 Å². The van der Waals surface area contributed by atoms with Crippen LogP contribution in [0.4, 0.5) is 0 Å². The minimum atomic E-state index is -4.26. The van der Waals surface area contributed by atoms with Crippen LogP contribution in [-0.2, 0) is 14.1 Å². The van der Waals surface area contributed by atoms with Gasteiger partial charge in [-0.05, 0) is 25.7 Å². The molecule has 0 aromatic heterocycles. The van der Waals surface area contributed by atoms with Crippen molar-refractivity contribution in [2.45, 2.75) is 38.2 Å². The number of esters is 1. The molecule has 0 unspecified atom stereocenters. The van der Waals surface area contributed by atoms with Gasteiger partial charge in [0.15, 0.2) is 0 Å². The predicted molar refractivity (Wildman–Crippen MR) is 49.9 cm³/mol. The second kappa shape index (κ2) is 4.91. The Morgan fingerprint density at radius 2 is 1.86 bits per heavy atom. The Balaban J connectivity index is 2.29. The van der Waals surface area contributed by atoms with Crippen LogP contribution in [0.1, 0.15) is 32.1 Å². The summed E-state index contributed by atoms with van der Waals surface area (Å²) in [6.45, 7) is 0. The molecule has 6 heteroatoms. The van der Waals surface area contributed by atoms with Crippen molar-refractivity contribution in [2.75, 3.05) is 6.16 Å². The first-order chi connectivity index (χ1) is 6.47. The zero-order valence-corrected chi connectivity index (χ0v) is 8.78. The molecule has 2 N–H and O–H groups in total. The largest absolute Gasteiger partial charge is 0.462 e. The van der Waals surface area contributed by atoms with Crippen LogP contribution in [0.2, 0.25) is 0 Å². The number of rotatable bonds is 3. The monoisotopic (exact) mass is 222 g/mol. The number of carbonyl (C=O) groups excluding carboxylic acids is 1. The van der Waals surface area contributed by atoms with Crippen LogP contribution in [0.5, 0.6) is 0 Å². The molecule has 0 bridgehead atoms. The number of ether oxygens (including phenoxy) is 1. The van der Waals surface area contributed by atoms with E-state index in [1.54, 1.807) is 0 Å². The molecule has 82 valence electrons. The Hall–Kier alpha value is -0.380. The molecule has 0 aromatic carbocycles. The quantitative estimate of drug-likeness (QED) is 0.550. The van der Waals surface area contributed by atoms with E-state index in [0.717, 1.165) is 32.1 Å². The summed E-state index contributed by atoms with van der Waals surface area (Å²) in [5.74, 6) is -0.787. The lowest BCUT2D eigenvalue weighted by Crippen LogP contribution is -2.22. The molecule has 0 radical (unpaired) electrons. The Morgan fingerprint density at radius 3 is 2.36 bits per heavy atom. The molecule has 5 nitrogen and oxygen atoms in total. The van der Waals surface area contributed by atoms with Gasteiger partial charge in [0.05, 0.1) is 0 Å². The average Bonchev–Trinajstić information content (AvgIpc) is 2.02. The zero-order chi connectivity index (χ0) is 10.6. The molecular formula is C8H15O5P. The van der Waals surface area contributed by atoms with E-state index in [9.17, 15) is 9.36 Å².